The average Bonchev–Trinajstić information content (AvgIpc) is 2.46. The Balaban J connectivity index is 1.96. The Bertz CT molecular complexity index is 446. The summed E-state index contributed by atoms with van der Waals surface area (Å²) in [4.78, 5) is 11.5. The van der Waals surface area contributed by atoms with E-state index in [0.29, 0.717) is 39.0 Å². The summed E-state index contributed by atoms with van der Waals surface area (Å²) in [5, 5.41) is 0. The van der Waals surface area contributed by atoms with Crippen molar-refractivity contribution in [3.8, 4) is 0 Å². The van der Waals surface area contributed by atoms with E-state index < -0.39 is 10.2 Å². The number of carbonyl (C=O) groups excluding carboxylic acids is 1. The van der Waals surface area contributed by atoms with Crippen molar-refractivity contribution in [2.75, 3.05) is 33.3 Å². The molecule has 0 bridgehead atoms. The van der Waals surface area contributed by atoms with E-state index in [1.165, 1.54) is 15.7 Å². The molecule has 1 unspecified atom stereocenters. The average molecular weight is 305 g/mol. The highest BCUT2D eigenvalue weighted by atomic mass is 32.2. The number of rotatable bonds is 3. The molecule has 0 spiro atoms. The van der Waals surface area contributed by atoms with Crippen LogP contribution in [0.5, 0.6) is 0 Å². The third-order valence-corrected chi connectivity index (χ3v) is 6.06. The van der Waals surface area contributed by atoms with Crippen LogP contribution in [0.3, 0.4) is 0 Å². The molecular weight excluding hydrogens is 282 g/mol. The minimum Gasteiger partial charge on any atom is -0.469 e. The molecule has 116 valence electrons. The van der Waals surface area contributed by atoms with Crippen LogP contribution in [0, 0.1) is 5.92 Å². The van der Waals surface area contributed by atoms with Crippen LogP contribution in [0.1, 0.15) is 25.7 Å². The van der Waals surface area contributed by atoms with Gasteiger partial charge in [-0.05, 0) is 25.7 Å². The number of carbonyl (C=O) groups is 1. The summed E-state index contributed by atoms with van der Waals surface area (Å²) < 4.78 is 32.7. The fraction of sp³-hybridized carbons (Fsp3) is 0.917. The zero-order valence-corrected chi connectivity index (χ0v) is 12.6. The third kappa shape index (κ3) is 3.30. The van der Waals surface area contributed by atoms with Crippen molar-refractivity contribution in [2.45, 2.75) is 31.7 Å². The van der Waals surface area contributed by atoms with Crippen molar-refractivity contribution >= 4 is 16.2 Å². The molecule has 8 heteroatoms. The number of esters is 1. The van der Waals surface area contributed by atoms with Gasteiger partial charge in [0.1, 0.15) is 0 Å². The lowest BCUT2D eigenvalue weighted by Gasteiger charge is -2.36. The van der Waals surface area contributed by atoms with Crippen LogP contribution < -0.4 is 5.73 Å². The van der Waals surface area contributed by atoms with Crippen LogP contribution in [0.2, 0.25) is 0 Å². The predicted molar refractivity (Wildman–Crippen MR) is 74.0 cm³/mol. The monoisotopic (exact) mass is 305 g/mol. The van der Waals surface area contributed by atoms with Gasteiger partial charge >= 0.3 is 5.97 Å². The van der Waals surface area contributed by atoms with Crippen LogP contribution in [-0.2, 0) is 19.7 Å². The number of ether oxygens (including phenoxy) is 1. The van der Waals surface area contributed by atoms with Crippen LogP contribution >= 0.6 is 0 Å². The van der Waals surface area contributed by atoms with E-state index in [0.717, 1.165) is 12.8 Å². The van der Waals surface area contributed by atoms with Crippen LogP contribution in [0.25, 0.3) is 0 Å². The first-order valence-electron chi connectivity index (χ1n) is 7.03. The maximum Gasteiger partial charge on any atom is 0.308 e. The summed E-state index contributed by atoms with van der Waals surface area (Å²) in [6.45, 7) is 1.66. The van der Waals surface area contributed by atoms with Gasteiger partial charge in [0.15, 0.2) is 0 Å². The minimum atomic E-state index is -3.44. The van der Waals surface area contributed by atoms with Crippen molar-refractivity contribution in [3.05, 3.63) is 0 Å². The molecule has 0 aromatic rings. The summed E-state index contributed by atoms with van der Waals surface area (Å²) in [7, 11) is -2.08. The summed E-state index contributed by atoms with van der Waals surface area (Å²) in [6.07, 6.45) is 2.72. The van der Waals surface area contributed by atoms with E-state index in [-0.39, 0.29) is 17.9 Å². The lowest BCUT2D eigenvalue weighted by molar-refractivity contribution is -0.146. The molecule has 2 saturated heterocycles. The maximum absolute atomic E-state index is 12.5. The first kappa shape index (κ1) is 15.7. The zero-order valence-electron chi connectivity index (χ0n) is 11.8. The number of hydrogen-bond acceptors (Lipinski definition) is 5. The number of methoxy groups -OCH3 is 1. The SMILES string of the molecule is COC(=O)C1CCN(S(=O)(=O)N2CCCC(N)C2)CC1. The van der Waals surface area contributed by atoms with Gasteiger partial charge in [-0.2, -0.15) is 17.0 Å². The van der Waals surface area contributed by atoms with Crippen LogP contribution in [0.15, 0.2) is 0 Å². The summed E-state index contributed by atoms with van der Waals surface area (Å²) >= 11 is 0. The summed E-state index contributed by atoms with van der Waals surface area (Å²) in [5.41, 5.74) is 5.85. The van der Waals surface area contributed by atoms with Gasteiger partial charge in [-0.1, -0.05) is 0 Å². The lowest BCUT2D eigenvalue weighted by Crippen LogP contribution is -2.53. The molecule has 2 aliphatic heterocycles. The van der Waals surface area contributed by atoms with Gasteiger partial charge in [0.25, 0.3) is 10.2 Å². The highest BCUT2D eigenvalue weighted by Crippen LogP contribution is 2.23. The molecule has 0 radical (unpaired) electrons. The third-order valence-electron chi connectivity index (χ3n) is 4.06. The van der Waals surface area contributed by atoms with E-state index >= 15 is 0 Å². The molecule has 20 heavy (non-hydrogen) atoms. The molecule has 2 fully saturated rings. The molecule has 7 nitrogen and oxygen atoms in total. The molecule has 0 aromatic heterocycles. The standard InChI is InChI=1S/C12H23N3O4S/c1-19-12(16)10-4-7-14(8-5-10)20(17,18)15-6-2-3-11(13)9-15/h10-11H,2-9,13H2,1H3. The summed E-state index contributed by atoms with van der Waals surface area (Å²) in [5.74, 6) is -0.433. The van der Waals surface area contributed by atoms with Gasteiger partial charge in [-0.25, -0.2) is 0 Å². The maximum atomic E-state index is 12.5. The van der Waals surface area contributed by atoms with Gasteiger partial charge in [-0.15, -0.1) is 0 Å². The number of nitrogens with two attached hydrogens (primary N) is 1. The van der Waals surface area contributed by atoms with E-state index in [1.54, 1.807) is 0 Å². The first-order valence-corrected chi connectivity index (χ1v) is 8.43. The normalized spacial score (nSPS) is 27.4. The van der Waals surface area contributed by atoms with Crippen molar-refractivity contribution in [1.82, 2.24) is 8.61 Å². The van der Waals surface area contributed by atoms with E-state index in [1.807, 2.05) is 0 Å². The molecule has 2 N–H and O–H groups in total. The zero-order chi connectivity index (χ0) is 14.8. The van der Waals surface area contributed by atoms with Crippen molar-refractivity contribution in [2.24, 2.45) is 11.7 Å². The Morgan fingerprint density at radius 3 is 2.35 bits per heavy atom. The first-order chi connectivity index (χ1) is 9.45. The van der Waals surface area contributed by atoms with Gasteiger partial charge in [0.05, 0.1) is 13.0 Å². The topological polar surface area (TPSA) is 92.9 Å². The Kier molecular flexibility index (Phi) is 5.00. The second kappa shape index (κ2) is 6.38. The molecule has 0 aliphatic carbocycles. The Morgan fingerprint density at radius 1 is 1.15 bits per heavy atom. The Morgan fingerprint density at radius 2 is 1.80 bits per heavy atom. The molecule has 2 rings (SSSR count). The highest BCUT2D eigenvalue weighted by Gasteiger charge is 2.36. The van der Waals surface area contributed by atoms with Gasteiger partial charge in [0.2, 0.25) is 0 Å². The molecule has 2 aliphatic rings. The second-order valence-electron chi connectivity index (χ2n) is 5.46. The number of nitrogens with zero attached hydrogens (tertiary/aromatic N) is 2. The van der Waals surface area contributed by atoms with E-state index in [2.05, 4.69) is 0 Å². The van der Waals surface area contributed by atoms with Gasteiger partial charge in [0, 0.05) is 32.2 Å². The molecule has 0 saturated carbocycles. The fourth-order valence-electron chi connectivity index (χ4n) is 2.84. The van der Waals surface area contributed by atoms with Crippen molar-refractivity contribution < 1.29 is 17.9 Å². The van der Waals surface area contributed by atoms with Gasteiger partial charge < -0.3 is 10.5 Å². The number of piperidine rings is 2. The molecular formula is C12H23N3O4S. The van der Waals surface area contributed by atoms with E-state index in [9.17, 15) is 13.2 Å². The van der Waals surface area contributed by atoms with Crippen molar-refractivity contribution in [3.63, 3.8) is 0 Å². The fourth-order valence-corrected chi connectivity index (χ4v) is 4.57. The molecule has 0 aromatic carbocycles. The molecule has 1 atom stereocenters. The second-order valence-corrected chi connectivity index (χ2v) is 7.39. The Hall–Kier alpha value is -0.700. The molecule has 0 amide bonds. The quantitative estimate of drug-likeness (QED) is 0.712. The van der Waals surface area contributed by atoms with Crippen LogP contribution in [-0.4, -0.2) is 62.3 Å². The largest absolute Gasteiger partial charge is 0.469 e. The van der Waals surface area contributed by atoms with Crippen LogP contribution in [0.4, 0.5) is 0 Å². The van der Waals surface area contributed by atoms with E-state index in [4.69, 9.17) is 10.5 Å². The van der Waals surface area contributed by atoms with Crippen molar-refractivity contribution in [1.29, 1.82) is 0 Å². The highest BCUT2D eigenvalue weighted by molar-refractivity contribution is 7.86. The number of hydrogen-bond donors (Lipinski definition) is 1. The Labute approximate surface area is 120 Å². The predicted octanol–water partition coefficient (Wildman–Crippen LogP) is -0.461. The minimum absolute atomic E-state index is 0.0777. The summed E-state index contributed by atoms with van der Waals surface area (Å²) in [6, 6.07) is -0.0777. The van der Waals surface area contributed by atoms with Gasteiger partial charge in [-0.3, -0.25) is 4.79 Å². The smallest absolute Gasteiger partial charge is 0.308 e. The molecule has 2 heterocycles. The lowest BCUT2D eigenvalue weighted by atomic mass is 9.99.